The first-order valence-corrected chi connectivity index (χ1v) is 6.10. The summed E-state index contributed by atoms with van der Waals surface area (Å²) in [5.41, 5.74) is 1.68. The Bertz CT molecular complexity index is 647. The zero-order valence-electron chi connectivity index (χ0n) is 9.34. The molecule has 1 atom stereocenters. The van der Waals surface area contributed by atoms with E-state index in [-0.39, 0.29) is 0 Å². The second-order valence-corrected chi connectivity index (χ2v) is 4.94. The first-order valence-electron chi connectivity index (χ1n) is 5.07. The van der Waals surface area contributed by atoms with Crippen LogP contribution in [0.1, 0.15) is 11.3 Å². The van der Waals surface area contributed by atoms with E-state index in [9.17, 15) is 4.21 Å². The minimum atomic E-state index is -1.52. The Morgan fingerprint density at radius 2 is 2.18 bits per heavy atom. The quantitative estimate of drug-likeness (QED) is 0.777. The van der Waals surface area contributed by atoms with Gasteiger partial charge in [-0.3, -0.25) is 4.28 Å². The van der Waals surface area contributed by atoms with Gasteiger partial charge in [-0.2, -0.15) is 4.21 Å². The van der Waals surface area contributed by atoms with E-state index < -0.39 is 11.3 Å². The molecule has 5 nitrogen and oxygen atoms in total. The number of hydrogen-bond acceptors (Lipinski definition) is 4. The van der Waals surface area contributed by atoms with Gasteiger partial charge >= 0.3 is 11.3 Å². The zero-order chi connectivity index (χ0) is 12.0. The second-order valence-electron chi connectivity index (χ2n) is 3.81. The highest BCUT2D eigenvalue weighted by molar-refractivity contribution is 7.78. The molecule has 0 bridgehead atoms. The third-order valence-corrected chi connectivity index (χ3v) is 3.43. The van der Waals surface area contributed by atoms with Gasteiger partial charge in [-0.25, -0.2) is 4.31 Å². The standard InChI is InChI=1S/C11H10N2O3S/c1-7-5-9-6-8(3-4-10(9)15-7)11-12-16-17(14)13(11)2/h3-6H,1-2H3. The van der Waals surface area contributed by atoms with E-state index in [1.807, 2.05) is 31.2 Å². The minimum Gasteiger partial charge on any atom is -0.461 e. The lowest BCUT2D eigenvalue weighted by atomic mass is 10.1. The van der Waals surface area contributed by atoms with E-state index in [4.69, 9.17) is 8.70 Å². The second kappa shape index (κ2) is 3.59. The van der Waals surface area contributed by atoms with E-state index in [0.717, 1.165) is 22.3 Å². The summed E-state index contributed by atoms with van der Waals surface area (Å²) in [5.74, 6) is 1.42. The Hall–Kier alpha value is -1.82. The summed E-state index contributed by atoms with van der Waals surface area (Å²) in [7, 11) is 1.67. The van der Waals surface area contributed by atoms with Crippen molar-refractivity contribution in [2.45, 2.75) is 6.92 Å². The predicted molar refractivity (Wildman–Crippen MR) is 64.5 cm³/mol. The molecule has 6 heteroatoms. The molecule has 0 fully saturated rings. The Balaban J connectivity index is 2.09. The van der Waals surface area contributed by atoms with Crippen LogP contribution in [0.15, 0.2) is 33.8 Å². The van der Waals surface area contributed by atoms with Crippen LogP contribution in [0.25, 0.3) is 11.0 Å². The van der Waals surface area contributed by atoms with Crippen molar-refractivity contribution in [2.75, 3.05) is 7.05 Å². The van der Waals surface area contributed by atoms with E-state index >= 15 is 0 Å². The molecule has 2 aromatic rings. The number of aryl methyl sites for hydroxylation is 1. The number of amidine groups is 1. The Morgan fingerprint density at radius 3 is 2.88 bits per heavy atom. The first-order chi connectivity index (χ1) is 8.15. The highest BCUT2D eigenvalue weighted by Crippen LogP contribution is 2.22. The van der Waals surface area contributed by atoms with Crippen LogP contribution < -0.4 is 0 Å². The average molecular weight is 250 g/mol. The van der Waals surface area contributed by atoms with Crippen molar-refractivity contribution in [3.8, 4) is 0 Å². The van der Waals surface area contributed by atoms with Gasteiger partial charge in [0.25, 0.3) is 0 Å². The van der Waals surface area contributed by atoms with Crippen molar-refractivity contribution in [2.24, 2.45) is 5.16 Å². The highest BCUT2D eigenvalue weighted by Gasteiger charge is 2.24. The zero-order valence-corrected chi connectivity index (χ0v) is 10.2. The topological polar surface area (TPSA) is 55.0 Å². The molecule has 1 aliphatic heterocycles. The van der Waals surface area contributed by atoms with Crippen molar-refractivity contribution in [3.05, 3.63) is 35.6 Å². The van der Waals surface area contributed by atoms with Gasteiger partial charge < -0.3 is 4.42 Å². The molecule has 3 rings (SSSR count). The lowest BCUT2D eigenvalue weighted by molar-refractivity contribution is 0.380. The highest BCUT2D eigenvalue weighted by atomic mass is 32.2. The average Bonchev–Trinajstić information content (AvgIpc) is 2.81. The summed E-state index contributed by atoms with van der Waals surface area (Å²) in [5, 5.41) is 4.79. The summed E-state index contributed by atoms with van der Waals surface area (Å²) >= 11 is -1.52. The molecule has 0 saturated carbocycles. The van der Waals surface area contributed by atoms with Gasteiger partial charge in [-0.1, -0.05) is 0 Å². The van der Waals surface area contributed by atoms with Gasteiger partial charge in [0.2, 0.25) is 0 Å². The molecule has 88 valence electrons. The van der Waals surface area contributed by atoms with Crippen LogP contribution in [-0.2, 0) is 15.6 Å². The summed E-state index contributed by atoms with van der Waals surface area (Å²) in [6.45, 7) is 1.90. The maximum absolute atomic E-state index is 11.3. The number of hydrogen-bond donors (Lipinski definition) is 0. The lowest BCUT2D eigenvalue weighted by Gasteiger charge is -2.07. The number of benzene rings is 1. The summed E-state index contributed by atoms with van der Waals surface area (Å²) in [6, 6.07) is 7.63. The van der Waals surface area contributed by atoms with Crippen LogP contribution in [0.2, 0.25) is 0 Å². The van der Waals surface area contributed by atoms with Crippen LogP contribution in [-0.4, -0.2) is 21.4 Å². The lowest BCUT2D eigenvalue weighted by Crippen LogP contribution is -2.23. The normalized spacial score (nSPS) is 19.5. The van der Waals surface area contributed by atoms with Gasteiger partial charge in [-0.05, 0) is 36.3 Å². The molecule has 0 aliphatic carbocycles. The van der Waals surface area contributed by atoms with Crippen LogP contribution >= 0.6 is 0 Å². The Morgan fingerprint density at radius 1 is 1.35 bits per heavy atom. The van der Waals surface area contributed by atoms with Crippen molar-refractivity contribution in [3.63, 3.8) is 0 Å². The van der Waals surface area contributed by atoms with Gasteiger partial charge in [0.1, 0.15) is 11.3 Å². The predicted octanol–water partition coefficient (Wildman–Crippen LogP) is 1.94. The van der Waals surface area contributed by atoms with Gasteiger partial charge in [0.05, 0.1) is 0 Å². The SMILES string of the molecule is Cc1cc2cc(C3=NOS(=O)N3C)ccc2o1. The van der Waals surface area contributed by atoms with Gasteiger partial charge in [-0.15, -0.1) is 0 Å². The smallest absolute Gasteiger partial charge is 0.341 e. The fraction of sp³-hybridized carbons (Fsp3) is 0.182. The molecule has 1 aliphatic rings. The van der Waals surface area contributed by atoms with E-state index in [0.29, 0.717) is 5.84 Å². The van der Waals surface area contributed by atoms with Crippen molar-refractivity contribution < 1.29 is 12.9 Å². The minimum absolute atomic E-state index is 0.559. The molecule has 2 heterocycles. The monoisotopic (exact) mass is 250 g/mol. The van der Waals surface area contributed by atoms with Crippen molar-refractivity contribution in [1.29, 1.82) is 0 Å². The fourth-order valence-corrected chi connectivity index (χ4v) is 2.31. The number of nitrogens with zero attached hydrogens (tertiary/aromatic N) is 2. The van der Waals surface area contributed by atoms with Gasteiger partial charge in [0, 0.05) is 18.0 Å². The molecule has 17 heavy (non-hydrogen) atoms. The summed E-state index contributed by atoms with van der Waals surface area (Å²) in [4.78, 5) is 0. The van der Waals surface area contributed by atoms with Crippen LogP contribution in [0.3, 0.4) is 0 Å². The first kappa shape index (κ1) is 10.3. The van der Waals surface area contributed by atoms with E-state index in [1.165, 1.54) is 4.31 Å². The van der Waals surface area contributed by atoms with Crippen molar-refractivity contribution in [1.82, 2.24) is 4.31 Å². The molecular weight excluding hydrogens is 240 g/mol. The molecule has 0 amide bonds. The maximum Gasteiger partial charge on any atom is 0.341 e. The van der Waals surface area contributed by atoms with Crippen LogP contribution in [0, 0.1) is 6.92 Å². The number of furan rings is 1. The number of fused-ring (bicyclic) bond motifs is 1. The molecule has 0 saturated heterocycles. The summed E-state index contributed by atoms with van der Waals surface area (Å²) < 4.78 is 23.0. The molecule has 0 radical (unpaired) electrons. The molecular formula is C11H10N2O3S. The molecule has 0 spiro atoms. The third-order valence-electron chi connectivity index (χ3n) is 2.61. The van der Waals surface area contributed by atoms with Crippen molar-refractivity contribution >= 4 is 28.1 Å². The molecule has 1 aromatic carbocycles. The Labute approximate surface area is 100 Å². The summed E-state index contributed by atoms with van der Waals surface area (Å²) in [6.07, 6.45) is 0. The van der Waals surface area contributed by atoms with E-state index in [1.54, 1.807) is 7.05 Å². The van der Waals surface area contributed by atoms with Crippen LogP contribution in [0.4, 0.5) is 0 Å². The third kappa shape index (κ3) is 1.61. The Kier molecular flexibility index (Phi) is 2.19. The fourth-order valence-electron chi connectivity index (χ4n) is 1.79. The van der Waals surface area contributed by atoms with Crippen LogP contribution in [0.5, 0.6) is 0 Å². The van der Waals surface area contributed by atoms with Gasteiger partial charge in [0.15, 0.2) is 5.84 Å². The largest absolute Gasteiger partial charge is 0.461 e. The molecule has 1 unspecified atom stereocenters. The molecule has 1 aromatic heterocycles. The maximum atomic E-state index is 11.3. The molecule has 0 N–H and O–H groups in total. The van der Waals surface area contributed by atoms with E-state index in [2.05, 4.69) is 5.16 Å². The number of rotatable bonds is 1. The number of oxime groups is 1.